The molecule has 0 fully saturated rings. The zero-order valence-electron chi connectivity index (χ0n) is 17.3. The number of aliphatic carboxylic acids is 1. The summed E-state index contributed by atoms with van der Waals surface area (Å²) in [5.74, 6) is -1.04. The lowest BCUT2D eigenvalue weighted by atomic mass is 9.82. The van der Waals surface area contributed by atoms with Crippen LogP contribution in [-0.4, -0.2) is 16.2 Å². The quantitative estimate of drug-likeness (QED) is 0.311. The fraction of sp³-hybridized carbons (Fsp3) is 0.346. The molecule has 0 amide bonds. The van der Waals surface area contributed by atoms with Crippen molar-refractivity contribution in [1.82, 2.24) is 0 Å². The molecule has 0 aliphatic heterocycles. The standard InChI is InChI=1S/C26H32O3/c1-4-6-7-9-15-22(26(28)29)16-19(3)25-23(21-13-10-8-11-14-21)17-20(12-5-2)18-24(25)27/h4-5,8,10-11,13-14,17-19,22,27H,1-2,6-7,9,12,15-16H2,3H3,(H,28,29). The minimum atomic E-state index is -0.764. The number of hydrogen-bond acceptors (Lipinski definition) is 2. The van der Waals surface area contributed by atoms with Crippen LogP contribution in [0.15, 0.2) is 67.8 Å². The van der Waals surface area contributed by atoms with Crippen molar-refractivity contribution in [1.29, 1.82) is 0 Å². The second-order valence-corrected chi connectivity index (χ2v) is 7.68. The van der Waals surface area contributed by atoms with Crippen molar-refractivity contribution in [2.75, 3.05) is 0 Å². The second-order valence-electron chi connectivity index (χ2n) is 7.68. The molecular weight excluding hydrogens is 360 g/mol. The van der Waals surface area contributed by atoms with E-state index in [4.69, 9.17) is 0 Å². The molecule has 29 heavy (non-hydrogen) atoms. The summed E-state index contributed by atoms with van der Waals surface area (Å²) in [7, 11) is 0. The predicted octanol–water partition coefficient (Wildman–Crippen LogP) is 6.73. The van der Waals surface area contributed by atoms with E-state index in [1.54, 1.807) is 6.07 Å². The van der Waals surface area contributed by atoms with Crippen LogP contribution in [0.1, 0.15) is 56.1 Å². The van der Waals surface area contributed by atoms with Crippen molar-refractivity contribution >= 4 is 5.97 Å². The largest absolute Gasteiger partial charge is 0.508 e. The summed E-state index contributed by atoms with van der Waals surface area (Å²) in [6, 6.07) is 13.8. The van der Waals surface area contributed by atoms with E-state index in [-0.39, 0.29) is 11.7 Å². The maximum absolute atomic E-state index is 11.8. The molecule has 2 unspecified atom stereocenters. The number of phenolic OH excluding ortho intramolecular Hbond substituents is 1. The number of carboxylic acids is 1. The van der Waals surface area contributed by atoms with Gasteiger partial charge in [-0.3, -0.25) is 4.79 Å². The van der Waals surface area contributed by atoms with Gasteiger partial charge in [0.05, 0.1) is 5.92 Å². The first-order valence-corrected chi connectivity index (χ1v) is 10.3. The van der Waals surface area contributed by atoms with Gasteiger partial charge in [0.1, 0.15) is 5.75 Å². The third-order valence-electron chi connectivity index (χ3n) is 5.37. The summed E-state index contributed by atoms with van der Waals surface area (Å²) < 4.78 is 0. The van der Waals surface area contributed by atoms with Crippen molar-refractivity contribution in [2.45, 2.75) is 51.4 Å². The van der Waals surface area contributed by atoms with E-state index in [2.05, 4.69) is 19.2 Å². The van der Waals surface area contributed by atoms with Crippen molar-refractivity contribution in [3.63, 3.8) is 0 Å². The Morgan fingerprint density at radius 1 is 1.10 bits per heavy atom. The highest BCUT2D eigenvalue weighted by atomic mass is 16.4. The van der Waals surface area contributed by atoms with Crippen LogP contribution in [-0.2, 0) is 11.2 Å². The first-order chi connectivity index (χ1) is 14.0. The number of hydrogen-bond donors (Lipinski definition) is 2. The number of unbranched alkanes of at least 4 members (excludes halogenated alkanes) is 2. The molecule has 0 spiro atoms. The van der Waals surface area contributed by atoms with E-state index in [9.17, 15) is 15.0 Å². The van der Waals surface area contributed by atoms with Crippen molar-refractivity contribution in [3.8, 4) is 16.9 Å². The molecule has 3 heteroatoms. The monoisotopic (exact) mass is 392 g/mol. The summed E-state index contributed by atoms with van der Waals surface area (Å²) in [4.78, 5) is 11.8. The van der Waals surface area contributed by atoms with E-state index >= 15 is 0 Å². The molecule has 0 radical (unpaired) electrons. The van der Waals surface area contributed by atoms with Crippen LogP contribution in [0.2, 0.25) is 0 Å². The van der Waals surface area contributed by atoms with Gasteiger partial charge in [-0.1, -0.05) is 61.9 Å². The molecule has 0 aliphatic rings. The van der Waals surface area contributed by atoms with Crippen molar-refractivity contribution < 1.29 is 15.0 Å². The molecule has 2 atom stereocenters. The molecule has 0 aliphatic carbocycles. The molecular formula is C26H32O3. The summed E-state index contributed by atoms with van der Waals surface area (Å²) in [5.41, 5.74) is 3.80. The molecule has 2 aromatic carbocycles. The van der Waals surface area contributed by atoms with Crippen molar-refractivity contribution in [3.05, 3.63) is 78.9 Å². The topological polar surface area (TPSA) is 57.5 Å². The van der Waals surface area contributed by atoms with Gasteiger partial charge in [-0.05, 0) is 60.8 Å². The summed E-state index contributed by atoms with van der Waals surface area (Å²) >= 11 is 0. The number of benzene rings is 2. The van der Waals surface area contributed by atoms with Crippen LogP contribution >= 0.6 is 0 Å². The van der Waals surface area contributed by atoms with Crippen molar-refractivity contribution in [2.24, 2.45) is 5.92 Å². The molecule has 154 valence electrons. The molecule has 2 aromatic rings. The first-order valence-electron chi connectivity index (χ1n) is 10.3. The molecule has 2 rings (SSSR count). The van der Waals surface area contributed by atoms with Crippen LogP contribution in [0.4, 0.5) is 0 Å². The van der Waals surface area contributed by atoms with Gasteiger partial charge >= 0.3 is 5.97 Å². The normalized spacial score (nSPS) is 12.9. The van der Waals surface area contributed by atoms with Gasteiger partial charge in [0.25, 0.3) is 0 Å². The van der Waals surface area contributed by atoms with Gasteiger partial charge in [0.15, 0.2) is 0 Å². The Labute approximate surface area is 174 Å². The maximum atomic E-state index is 11.8. The van der Waals surface area contributed by atoms with E-state index in [1.165, 1.54) is 0 Å². The van der Waals surface area contributed by atoms with Crippen LogP contribution in [0, 0.1) is 5.92 Å². The molecule has 3 nitrogen and oxygen atoms in total. The lowest BCUT2D eigenvalue weighted by Crippen LogP contribution is -2.17. The van der Waals surface area contributed by atoms with E-state index in [0.29, 0.717) is 19.3 Å². The Hall–Kier alpha value is -2.81. The molecule has 0 saturated carbocycles. The number of aromatic hydroxyl groups is 1. The van der Waals surface area contributed by atoms with Gasteiger partial charge in [0.2, 0.25) is 0 Å². The fourth-order valence-corrected chi connectivity index (χ4v) is 3.92. The zero-order valence-corrected chi connectivity index (χ0v) is 17.3. The number of rotatable bonds is 12. The van der Waals surface area contributed by atoms with Gasteiger partial charge in [-0.15, -0.1) is 13.2 Å². The summed E-state index contributed by atoms with van der Waals surface area (Å²) in [6.45, 7) is 9.52. The Morgan fingerprint density at radius 3 is 2.45 bits per heavy atom. The zero-order chi connectivity index (χ0) is 21.2. The van der Waals surface area contributed by atoms with Gasteiger partial charge in [-0.25, -0.2) is 0 Å². The Kier molecular flexibility index (Phi) is 8.72. The van der Waals surface area contributed by atoms with Gasteiger partial charge in [0, 0.05) is 5.56 Å². The lowest BCUT2D eigenvalue weighted by molar-refractivity contribution is -0.142. The van der Waals surface area contributed by atoms with E-state index in [1.807, 2.05) is 49.4 Å². The summed E-state index contributed by atoms with van der Waals surface area (Å²) in [6.07, 6.45) is 8.23. The Bertz CT molecular complexity index is 823. The minimum Gasteiger partial charge on any atom is -0.508 e. The molecule has 0 saturated heterocycles. The van der Waals surface area contributed by atoms with Crippen LogP contribution in [0.25, 0.3) is 11.1 Å². The average Bonchev–Trinajstić information content (AvgIpc) is 2.70. The predicted molar refractivity (Wildman–Crippen MR) is 120 cm³/mol. The van der Waals surface area contributed by atoms with E-state index < -0.39 is 11.9 Å². The molecule has 0 heterocycles. The first kappa shape index (κ1) is 22.5. The SMILES string of the molecule is C=CCCCCC(CC(C)c1c(O)cc(CC=C)cc1-c1ccccc1)C(=O)O. The van der Waals surface area contributed by atoms with Crippen LogP contribution in [0.3, 0.4) is 0 Å². The van der Waals surface area contributed by atoms with Crippen LogP contribution < -0.4 is 0 Å². The summed E-state index contributed by atoms with van der Waals surface area (Å²) in [5, 5.41) is 20.5. The number of carboxylic acid groups (broad SMARTS) is 1. The lowest BCUT2D eigenvalue weighted by Gasteiger charge is -2.22. The highest BCUT2D eigenvalue weighted by Gasteiger charge is 2.25. The minimum absolute atomic E-state index is 0.0801. The Morgan fingerprint density at radius 2 is 1.83 bits per heavy atom. The average molecular weight is 393 g/mol. The fourth-order valence-electron chi connectivity index (χ4n) is 3.92. The third-order valence-corrected chi connectivity index (χ3v) is 5.37. The molecule has 0 aromatic heterocycles. The number of phenols is 1. The Balaban J connectivity index is 2.34. The van der Waals surface area contributed by atoms with E-state index in [0.717, 1.165) is 41.5 Å². The second kappa shape index (κ2) is 11.3. The number of allylic oxidation sites excluding steroid dienone is 2. The van der Waals surface area contributed by atoms with Gasteiger partial charge < -0.3 is 10.2 Å². The highest BCUT2D eigenvalue weighted by Crippen LogP contribution is 2.40. The number of carbonyl (C=O) groups is 1. The maximum Gasteiger partial charge on any atom is 0.306 e. The third kappa shape index (κ3) is 6.35. The molecule has 0 bridgehead atoms. The highest BCUT2D eigenvalue weighted by molar-refractivity contribution is 5.73. The molecule has 2 N–H and O–H groups in total. The van der Waals surface area contributed by atoms with Gasteiger partial charge in [-0.2, -0.15) is 0 Å². The van der Waals surface area contributed by atoms with Crippen LogP contribution in [0.5, 0.6) is 5.75 Å². The smallest absolute Gasteiger partial charge is 0.306 e.